The highest BCUT2D eigenvalue weighted by molar-refractivity contribution is 6.09. The van der Waals surface area contributed by atoms with Crippen LogP contribution in [0.2, 0.25) is 0 Å². The summed E-state index contributed by atoms with van der Waals surface area (Å²) >= 11 is 0. The molecule has 0 aromatic heterocycles. The Morgan fingerprint density at radius 3 is 1.31 bits per heavy atom. The predicted molar refractivity (Wildman–Crippen MR) is 253 cm³/mol. The number of ketones is 2. The molecule has 1 aliphatic carbocycles. The summed E-state index contributed by atoms with van der Waals surface area (Å²) in [5.41, 5.74) is 7.54. The molecule has 65 heavy (non-hydrogen) atoms. The van der Waals surface area contributed by atoms with Crippen LogP contribution in [0.25, 0.3) is 11.1 Å². The van der Waals surface area contributed by atoms with Crippen molar-refractivity contribution in [2.24, 2.45) is 0 Å². The van der Waals surface area contributed by atoms with Gasteiger partial charge in [-0.05, 0) is 144 Å². The van der Waals surface area contributed by atoms with Gasteiger partial charge in [0.05, 0.1) is 5.41 Å². The van der Waals surface area contributed by atoms with Crippen LogP contribution in [-0.2, 0) is 16.7 Å². The van der Waals surface area contributed by atoms with E-state index in [0.717, 1.165) is 16.7 Å². The molecule has 1 aliphatic rings. The van der Waals surface area contributed by atoms with Gasteiger partial charge in [0.2, 0.25) is 0 Å². The predicted octanol–water partition coefficient (Wildman–Crippen LogP) is 14.7. The highest BCUT2D eigenvalue weighted by Gasteiger charge is 2.46. The molecular weight excluding hydrogens is 811 g/mol. The number of alkyl halides is 1. The van der Waals surface area contributed by atoms with Gasteiger partial charge >= 0.3 is 0 Å². The number of hydrogen-bond donors (Lipinski definition) is 0. The Balaban J connectivity index is 0.981. The maximum Gasteiger partial charge on any atom is 0.193 e. The highest BCUT2D eigenvalue weighted by atomic mass is 19.1. The monoisotopic (exact) mass is 858 g/mol. The fourth-order valence-electron chi connectivity index (χ4n) is 9.06. The van der Waals surface area contributed by atoms with E-state index in [-0.39, 0.29) is 17.4 Å². The maximum absolute atomic E-state index is 14.8. The molecule has 0 bridgehead atoms. The number of rotatable bonds is 14. The molecule has 6 heteroatoms. The molecule has 0 amide bonds. The van der Waals surface area contributed by atoms with E-state index in [1.807, 2.05) is 36.4 Å². The molecule has 0 saturated carbocycles. The second-order valence-electron chi connectivity index (χ2n) is 17.1. The SMILES string of the molecule is CCC(C)(F)c1ccc(C(=O)c2ccc(Oc3ccc(C4(c5ccc(OC(C)(CC)c6ccc(C(=O)c7ccc(F)cc7)cc6)cc5)c5ccccc5-c5ccccc54)cc3)cc2)cc1. The zero-order valence-corrected chi connectivity index (χ0v) is 36.8. The van der Waals surface area contributed by atoms with Crippen LogP contribution < -0.4 is 9.47 Å². The molecule has 0 saturated heterocycles. The van der Waals surface area contributed by atoms with Gasteiger partial charge in [0.1, 0.15) is 34.3 Å². The number of carbonyl (C=O) groups is 2. The van der Waals surface area contributed by atoms with Gasteiger partial charge in [0, 0.05) is 22.3 Å². The number of benzene rings is 8. The van der Waals surface area contributed by atoms with Gasteiger partial charge in [-0.3, -0.25) is 9.59 Å². The first-order chi connectivity index (χ1) is 31.4. The smallest absolute Gasteiger partial charge is 0.193 e. The van der Waals surface area contributed by atoms with E-state index in [1.54, 1.807) is 74.5 Å². The van der Waals surface area contributed by atoms with Crippen molar-refractivity contribution in [2.75, 3.05) is 0 Å². The van der Waals surface area contributed by atoms with Crippen LogP contribution in [0.1, 0.15) is 106 Å². The lowest BCUT2D eigenvalue weighted by molar-refractivity contribution is 0.0824. The standard InChI is InChI=1S/C59H48F2O4/c1-5-57(3,61)43-23-15-39(16-24-43)56(63)42-21-33-48(34-22-42)64-49-35-27-45(28-36-49)59(53-13-9-7-11-51(53)52-12-8-10-14-54(52)59)46-29-37-50(38-30-46)65-58(4,6-2)44-25-17-40(18-26-44)55(62)41-19-31-47(60)32-20-41/h7-38H,5-6H2,1-4H3. The van der Waals surface area contributed by atoms with Crippen LogP contribution in [0.3, 0.4) is 0 Å². The molecule has 2 atom stereocenters. The molecule has 0 radical (unpaired) electrons. The molecule has 2 unspecified atom stereocenters. The minimum absolute atomic E-state index is 0.143. The Morgan fingerprint density at radius 1 is 0.477 bits per heavy atom. The van der Waals surface area contributed by atoms with Crippen molar-refractivity contribution in [2.45, 2.75) is 57.2 Å². The van der Waals surface area contributed by atoms with E-state index in [0.29, 0.717) is 57.9 Å². The quantitative estimate of drug-likeness (QED) is 0.102. The van der Waals surface area contributed by atoms with Gasteiger partial charge in [-0.2, -0.15) is 0 Å². The van der Waals surface area contributed by atoms with Crippen molar-refractivity contribution >= 4 is 11.6 Å². The van der Waals surface area contributed by atoms with Crippen molar-refractivity contribution in [1.29, 1.82) is 0 Å². The van der Waals surface area contributed by atoms with E-state index in [9.17, 15) is 18.4 Å². The van der Waals surface area contributed by atoms with E-state index < -0.39 is 16.7 Å². The first kappa shape index (κ1) is 42.8. The average Bonchev–Trinajstić information content (AvgIpc) is 3.65. The number of halogens is 2. The normalized spacial score (nSPS) is 14.3. The van der Waals surface area contributed by atoms with Crippen LogP contribution in [0.4, 0.5) is 8.78 Å². The Kier molecular flexibility index (Phi) is 11.4. The summed E-state index contributed by atoms with van der Waals surface area (Å²) in [6.45, 7) is 7.49. The largest absolute Gasteiger partial charge is 0.483 e. The molecule has 9 rings (SSSR count). The first-order valence-electron chi connectivity index (χ1n) is 22.1. The third-order valence-corrected chi connectivity index (χ3v) is 13.2. The third kappa shape index (κ3) is 7.95. The molecule has 8 aromatic carbocycles. The summed E-state index contributed by atoms with van der Waals surface area (Å²) < 4.78 is 41.4. The highest BCUT2D eigenvalue weighted by Crippen LogP contribution is 2.56. The van der Waals surface area contributed by atoms with Crippen LogP contribution in [0.5, 0.6) is 17.2 Å². The average molecular weight is 859 g/mol. The minimum Gasteiger partial charge on any atom is -0.483 e. The second kappa shape index (κ2) is 17.3. The van der Waals surface area contributed by atoms with Gasteiger partial charge in [-0.25, -0.2) is 8.78 Å². The number of fused-ring (bicyclic) bond motifs is 3. The minimum atomic E-state index is -1.44. The Morgan fingerprint density at radius 2 is 0.862 bits per heavy atom. The molecule has 0 N–H and O–H groups in total. The van der Waals surface area contributed by atoms with Crippen LogP contribution in [0.15, 0.2) is 194 Å². The van der Waals surface area contributed by atoms with Crippen LogP contribution in [-0.4, -0.2) is 11.6 Å². The summed E-state index contributed by atoms with van der Waals surface area (Å²) in [7, 11) is 0. The summed E-state index contributed by atoms with van der Waals surface area (Å²) in [5, 5.41) is 0. The first-order valence-corrected chi connectivity index (χ1v) is 22.1. The topological polar surface area (TPSA) is 52.6 Å². The molecule has 322 valence electrons. The Bertz CT molecular complexity index is 2950. The van der Waals surface area contributed by atoms with Gasteiger partial charge in [-0.15, -0.1) is 0 Å². The Labute approximate surface area is 379 Å². The molecule has 0 heterocycles. The molecule has 0 aliphatic heterocycles. The van der Waals surface area contributed by atoms with Crippen molar-refractivity contribution in [3.63, 3.8) is 0 Å². The Hall–Kier alpha value is -7.44. The van der Waals surface area contributed by atoms with Crippen LogP contribution >= 0.6 is 0 Å². The summed E-state index contributed by atoms with van der Waals surface area (Å²) in [5.74, 6) is 1.26. The zero-order valence-electron chi connectivity index (χ0n) is 36.8. The van der Waals surface area contributed by atoms with E-state index in [1.165, 1.54) is 46.5 Å². The summed E-state index contributed by atoms with van der Waals surface area (Å²) in [4.78, 5) is 26.4. The lowest BCUT2D eigenvalue weighted by Crippen LogP contribution is -2.29. The van der Waals surface area contributed by atoms with Crippen LogP contribution in [0, 0.1) is 5.82 Å². The molecule has 0 spiro atoms. The molecular formula is C59H48F2O4. The maximum atomic E-state index is 14.8. The second-order valence-corrected chi connectivity index (χ2v) is 17.1. The van der Waals surface area contributed by atoms with Gasteiger partial charge in [0.15, 0.2) is 11.6 Å². The number of hydrogen-bond acceptors (Lipinski definition) is 4. The lowest BCUT2D eigenvalue weighted by Gasteiger charge is -2.34. The third-order valence-electron chi connectivity index (χ3n) is 13.2. The lowest BCUT2D eigenvalue weighted by atomic mass is 9.67. The number of ether oxygens (including phenoxy) is 2. The zero-order chi connectivity index (χ0) is 45.3. The van der Waals surface area contributed by atoms with Crippen molar-refractivity contribution in [3.8, 4) is 28.4 Å². The fraction of sp³-hybridized carbons (Fsp3) is 0.153. The van der Waals surface area contributed by atoms with Crippen molar-refractivity contribution < 1.29 is 27.8 Å². The molecule has 4 nitrogen and oxygen atoms in total. The van der Waals surface area contributed by atoms with E-state index in [2.05, 4.69) is 86.6 Å². The number of carbonyl (C=O) groups excluding carboxylic acids is 2. The van der Waals surface area contributed by atoms with E-state index >= 15 is 0 Å². The fourth-order valence-corrected chi connectivity index (χ4v) is 9.06. The summed E-state index contributed by atoms with van der Waals surface area (Å²) in [6.07, 6.45) is 1.03. The van der Waals surface area contributed by atoms with Gasteiger partial charge < -0.3 is 9.47 Å². The van der Waals surface area contributed by atoms with E-state index in [4.69, 9.17) is 9.47 Å². The van der Waals surface area contributed by atoms with Gasteiger partial charge in [0.25, 0.3) is 0 Å². The van der Waals surface area contributed by atoms with Crippen molar-refractivity contribution in [3.05, 3.63) is 256 Å². The van der Waals surface area contributed by atoms with Crippen molar-refractivity contribution in [1.82, 2.24) is 0 Å². The summed E-state index contributed by atoms with van der Waals surface area (Å²) in [6, 6.07) is 60.6. The molecule has 0 fully saturated rings. The molecule has 8 aromatic rings. The van der Waals surface area contributed by atoms with Gasteiger partial charge in [-0.1, -0.05) is 135 Å².